The third-order valence-corrected chi connectivity index (χ3v) is 4.87. The van der Waals surface area contributed by atoms with Gasteiger partial charge in [0.15, 0.2) is 0 Å². The average Bonchev–Trinajstić information content (AvgIpc) is 2.65. The third-order valence-electron chi connectivity index (χ3n) is 3.86. The lowest BCUT2D eigenvalue weighted by Gasteiger charge is -2.14. The van der Waals surface area contributed by atoms with E-state index in [0.29, 0.717) is 0 Å². The van der Waals surface area contributed by atoms with Gasteiger partial charge in [0.2, 0.25) is 5.91 Å². The summed E-state index contributed by atoms with van der Waals surface area (Å²) in [6, 6.07) is 19.6. The number of hydrogen-bond donors (Lipinski definition) is 2. The molecule has 25 heavy (non-hydrogen) atoms. The van der Waals surface area contributed by atoms with E-state index in [1.165, 1.54) is 23.9 Å². The molecule has 0 bridgehead atoms. The van der Waals surface area contributed by atoms with Crippen LogP contribution in [-0.2, 0) is 4.79 Å². The Balaban J connectivity index is 1.55. The van der Waals surface area contributed by atoms with Crippen LogP contribution in [0.5, 0.6) is 0 Å². The average molecular weight is 355 g/mol. The van der Waals surface area contributed by atoms with E-state index in [0.717, 1.165) is 21.2 Å². The number of hydrogen-bond acceptors (Lipinski definition) is 3. The Bertz CT molecular complexity index is 862. The Hall–Kier alpha value is -2.37. The fourth-order valence-corrected chi connectivity index (χ4v) is 3.32. The van der Waals surface area contributed by atoms with Crippen LogP contribution >= 0.6 is 11.8 Å². The van der Waals surface area contributed by atoms with Crippen molar-refractivity contribution in [2.45, 2.75) is 11.0 Å². The monoisotopic (exact) mass is 355 g/mol. The van der Waals surface area contributed by atoms with Gasteiger partial charge in [-0.15, -0.1) is 11.8 Å². The molecule has 0 fully saturated rings. The lowest BCUT2D eigenvalue weighted by molar-refractivity contribution is -0.119. The second-order valence-corrected chi connectivity index (χ2v) is 6.68. The highest BCUT2D eigenvalue weighted by Crippen LogP contribution is 2.24. The molecule has 1 amide bonds. The van der Waals surface area contributed by atoms with Gasteiger partial charge in [0, 0.05) is 11.4 Å². The van der Waals surface area contributed by atoms with Crippen molar-refractivity contribution in [1.29, 1.82) is 0 Å². The van der Waals surface area contributed by atoms with E-state index in [-0.39, 0.29) is 24.0 Å². The minimum atomic E-state index is -0.772. The van der Waals surface area contributed by atoms with E-state index < -0.39 is 6.10 Å². The molecule has 0 heterocycles. The minimum absolute atomic E-state index is 0.150. The van der Waals surface area contributed by atoms with Crippen molar-refractivity contribution < 1.29 is 14.3 Å². The van der Waals surface area contributed by atoms with Gasteiger partial charge < -0.3 is 10.4 Å². The van der Waals surface area contributed by atoms with Crippen molar-refractivity contribution in [3.63, 3.8) is 0 Å². The first kappa shape index (κ1) is 17.5. The molecular weight excluding hydrogens is 337 g/mol. The predicted octanol–water partition coefficient (Wildman–Crippen LogP) is 3.92. The van der Waals surface area contributed by atoms with Gasteiger partial charge in [0.05, 0.1) is 11.9 Å². The van der Waals surface area contributed by atoms with E-state index in [4.69, 9.17) is 0 Å². The summed E-state index contributed by atoms with van der Waals surface area (Å²) in [6.45, 7) is 0.150. The molecule has 5 heteroatoms. The number of rotatable bonds is 6. The summed E-state index contributed by atoms with van der Waals surface area (Å²) in [4.78, 5) is 12.8. The number of thioether (sulfide) groups is 1. The molecule has 0 aliphatic rings. The molecule has 1 unspecified atom stereocenters. The van der Waals surface area contributed by atoms with Crippen LogP contribution in [0.15, 0.2) is 71.6 Å². The number of amides is 1. The maximum atomic E-state index is 12.9. The normalized spacial score (nSPS) is 12.1. The standard InChI is InChI=1S/C20H18FNO2S/c21-15-8-10-16(11-9-15)25-13-20(24)22-12-19(23)18-7-3-5-14-4-1-2-6-17(14)18/h1-11,19,23H,12-13H2,(H,22,24). The number of nitrogens with one attached hydrogen (secondary N) is 1. The van der Waals surface area contributed by atoms with E-state index in [9.17, 15) is 14.3 Å². The SMILES string of the molecule is O=C(CSc1ccc(F)cc1)NCC(O)c1cccc2ccccc12. The zero-order valence-electron chi connectivity index (χ0n) is 13.5. The number of halogens is 1. The summed E-state index contributed by atoms with van der Waals surface area (Å²) < 4.78 is 12.9. The molecule has 0 saturated carbocycles. The van der Waals surface area contributed by atoms with Crippen molar-refractivity contribution in [2.24, 2.45) is 0 Å². The number of carbonyl (C=O) groups is 1. The first-order chi connectivity index (χ1) is 12.1. The quantitative estimate of drug-likeness (QED) is 0.659. The van der Waals surface area contributed by atoms with Crippen LogP contribution in [0.1, 0.15) is 11.7 Å². The van der Waals surface area contributed by atoms with E-state index >= 15 is 0 Å². The Morgan fingerprint density at radius 1 is 1.04 bits per heavy atom. The highest BCUT2D eigenvalue weighted by atomic mass is 32.2. The third kappa shape index (κ3) is 4.59. The lowest BCUT2D eigenvalue weighted by atomic mass is 10.0. The molecule has 1 atom stereocenters. The topological polar surface area (TPSA) is 49.3 Å². The van der Waals surface area contributed by atoms with Crippen LogP contribution in [0.3, 0.4) is 0 Å². The van der Waals surface area contributed by atoms with Gasteiger partial charge in [0.25, 0.3) is 0 Å². The summed E-state index contributed by atoms with van der Waals surface area (Å²) in [6.07, 6.45) is -0.772. The molecule has 0 radical (unpaired) electrons. The van der Waals surface area contributed by atoms with Crippen LogP contribution in [0.4, 0.5) is 4.39 Å². The van der Waals surface area contributed by atoms with Gasteiger partial charge in [-0.25, -0.2) is 4.39 Å². The van der Waals surface area contributed by atoms with Crippen molar-refractivity contribution in [3.05, 3.63) is 78.1 Å². The van der Waals surface area contributed by atoms with Crippen LogP contribution in [-0.4, -0.2) is 23.3 Å². The van der Waals surface area contributed by atoms with Gasteiger partial charge >= 0.3 is 0 Å². The van der Waals surface area contributed by atoms with Crippen LogP contribution in [0, 0.1) is 5.82 Å². The largest absolute Gasteiger partial charge is 0.387 e. The Morgan fingerprint density at radius 2 is 1.76 bits per heavy atom. The number of aliphatic hydroxyl groups excluding tert-OH is 1. The number of benzene rings is 3. The van der Waals surface area contributed by atoms with Crippen molar-refractivity contribution >= 4 is 28.4 Å². The molecule has 0 saturated heterocycles. The molecular formula is C20H18FNO2S. The number of fused-ring (bicyclic) bond motifs is 1. The molecule has 3 rings (SSSR count). The fourth-order valence-electron chi connectivity index (χ4n) is 2.59. The minimum Gasteiger partial charge on any atom is -0.387 e. The van der Waals surface area contributed by atoms with Gasteiger partial charge in [-0.2, -0.15) is 0 Å². The highest BCUT2D eigenvalue weighted by molar-refractivity contribution is 8.00. The van der Waals surface area contributed by atoms with E-state index in [1.54, 1.807) is 12.1 Å². The number of aliphatic hydroxyl groups is 1. The summed E-state index contributed by atoms with van der Waals surface area (Å²) in [5.74, 6) is -0.255. The molecule has 128 valence electrons. The molecule has 0 aliphatic carbocycles. The Kier molecular flexibility index (Phi) is 5.68. The van der Waals surface area contributed by atoms with Gasteiger partial charge in [-0.3, -0.25) is 4.79 Å². The van der Waals surface area contributed by atoms with Crippen molar-refractivity contribution in [2.75, 3.05) is 12.3 Å². The van der Waals surface area contributed by atoms with Gasteiger partial charge in [-0.1, -0.05) is 42.5 Å². The van der Waals surface area contributed by atoms with E-state index in [1.807, 2.05) is 42.5 Å². The highest BCUT2D eigenvalue weighted by Gasteiger charge is 2.12. The first-order valence-corrected chi connectivity index (χ1v) is 8.93. The fraction of sp³-hybridized carbons (Fsp3) is 0.150. The van der Waals surface area contributed by atoms with Gasteiger partial charge in [-0.05, 0) is 40.6 Å². The second kappa shape index (κ2) is 8.14. The molecule has 2 N–H and O–H groups in total. The molecule has 3 nitrogen and oxygen atoms in total. The summed E-state index contributed by atoms with van der Waals surface area (Å²) in [5.41, 5.74) is 0.796. The zero-order valence-corrected chi connectivity index (χ0v) is 14.3. The zero-order chi connectivity index (χ0) is 17.6. The maximum Gasteiger partial charge on any atom is 0.230 e. The predicted molar refractivity (Wildman–Crippen MR) is 99.0 cm³/mol. The van der Waals surface area contributed by atoms with Crippen LogP contribution in [0.2, 0.25) is 0 Å². The molecule has 0 aromatic heterocycles. The van der Waals surface area contributed by atoms with Crippen molar-refractivity contribution in [3.8, 4) is 0 Å². The lowest BCUT2D eigenvalue weighted by Crippen LogP contribution is -2.29. The second-order valence-electron chi connectivity index (χ2n) is 5.63. The Labute approximate surface area is 149 Å². The van der Waals surface area contributed by atoms with Crippen LogP contribution < -0.4 is 5.32 Å². The summed E-state index contributed by atoms with van der Waals surface area (Å²) in [7, 11) is 0. The van der Waals surface area contributed by atoms with Crippen molar-refractivity contribution in [1.82, 2.24) is 5.32 Å². The first-order valence-electron chi connectivity index (χ1n) is 7.94. The maximum absolute atomic E-state index is 12.9. The molecule has 3 aromatic carbocycles. The molecule has 0 spiro atoms. The van der Waals surface area contributed by atoms with Crippen LogP contribution in [0.25, 0.3) is 10.8 Å². The smallest absolute Gasteiger partial charge is 0.230 e. The molecule has 0 aliphatic heterocycles. The van der Waals surface area contributed by atoms with Gasteiger partial charge in [0.1, 0.15) is 5.82 Å². The summed E-state index contributed by atoms with van der Waals surface area (Å²) >= 11 is 1.33. The number of carbonyl (C=O) groups excluding carboxylic acids is 1. The molecule has 3 aromatic rings. The summed E-state index contributed by atoms with van der Waals surface area (Å²) in [5, 5.41) is 15.2. The Morgan fingerprint density at radius 3 is 2.56 bits per heavy atom. The van der Waals surface area contributed by atoms with E-state index in [2.05, 4.69) is 5.32 Å².